The molecule has 0 aromatic heterocycles. The first-order valence-electron chi connectivity index (χ1n) is 5.76. The van der Waals surface area contributed by atoms with Gasteiger partial charge in [0, 0.05) is 12.1 Å². The molecule has 2 rings (SSSR count). The molecule has 1 saturated heterocycles. The molecular weight excluding hydrogens is 214 g/mol. The predicted molar refractivity (Wildman–Crippen MR) is 59.3 cm³/mol. The van der Waals surface area contributed by atoms with Gasteiger partial charge in [0.1, 0.15) is 5.38 Å². The second-order valence-corrected chi connectivity index (χ2v) is 5.31. The maximum Gasteiger partial charge on any atom is 0.322 e. The number of alkyl halides is 1. The number of aliphatic carboxylic acids is 1. The summed E-state index contributed by atoms with van der Waals surface area (Å²) < 4.78 is 0. The van der Waals surface area contributed by atoms with Crippen molar-refractivity contribution in [1.29, 1.82) is 0 Å². The molecule has 1 heterocycles. The van der Waals surface area contributed by atoms with Crippen LogP contribution >= 0.6 is 11.6 Å². The maximum atomic E-state index is 10.7. The lowest BCUT2D eigenvalue weighted by Gasteiger charge is -2.35. The number of hydrogen-bond acceptors (Lipinski definition) is 2. The van der Waals surface area contributed by atoms with E-state index < -0.39 is 11.3 Å². The van der Waals surface area contributed by atoms with E-state index in [0.717, 1.165) is 6.54 Å². The quantitative estimate of drug-likeness (QED) is 0.757. The van der Waals surface area contributed by atoms with Gasteiger partial charge in [-0.05, 0) is 32.2 Å². The fourth-order valence-corrected chi connectivity index (χ4v) is 3.32. The van der Waals surface area contributed by atoms with Crippen molar-refractivity contribution in [2.75, 3.05) is 13.1 Å². The second-order valence-electron chi connectivity index (χ2n) is 4.79. The minimum atomic E-state index is -0.892. The lowest BCUT2D eigenvalue weighted by molar-refractivity contribution is -0.137. The van der Waals surface area contributed by atoms with Gasteiger partial charge in [-0.1, -0.05) is 12.8 Å². The molecule has 1 aliphatic heterocycles. The molecule has 1 atom stereocenters. The third-order valence-corrected chi connectivity index (χ3v) is 4.25. The molecule has 0 aromatic rings. The fourth-order valence-electron chi connectivity index (χ4n) is 3.15. The van der Waals surface area contributed by atoms with Crippen molar-refractivity contribution >= 4 is 17.6 Å². The third kappa shape index (κ3) is 2.13. The Morgan fingerprint density at radius 2 is 1.93 bits per heavy atom. The van der Waals surface area contributed by atoms with Gasteiger partial charge in [-0.15, -0.1) is 11.6 Å². The van der Waals surface area contributed by atoms with Crippen LogP contribution in [0.25, 0.3) is 0 Å². The minimum Gasteiger partial charge on any atom is -0.480 e. The molecular formula is C11H18ClNO2. The van der Waals surface area contributed by atoms with E-state index in [9.17, 15) is 4.79 Å². The van der Waals surface area contributed by atoms with Crippen molar-refractivity contribution in [2.45, 2.75) is 49.4 Å². The number of halogens is 1. The number of carboxylic acids is 1. The van der Waals surface area contributed by atoms with Crippen LogP contribution in [-0.4, -0.2) is 40.0 Å². The van der Waals surface area contributed by atoms with Crippen molar-refractivity contribution in [3.05, 3.63) is 0 Å². The lowest BCUT2D eigenvalue weighted by Crippen LogP contribution is -2.45. The van der Waals surface area contributed by atoms with Crippen LogP contribution in [-0.2, 0) is 4.79 Å². The largest absolute Gasteiger partial charge is 0.480 e. The fraction of sp³-hybridized carbons (Fsp3) is 0.909. The van der Waals surface area contributed by atoms with Gasteiger partial charge >= 0.3 is 5.97 Å². The molecule has 0 aromatic carbocycles. The zero-order valence-corrected chi connectivity index (χ0v) is 9.67. The van der Waals surface area contributed by atoms with Gasteiger partial charge in [0.15, 0.2) is 0 Å². The summed E-state index contributed by atoms with van der Waals surface area (Å²) in [5, 5.41) is 8.07. The standard InChI is InChI=1S/C11H18ClNO2/c12-9(10(14)15)8-13-7-3-6-11(13)4-1-2-5-11/h9H,1-8H2,(H,14,15). The highest BCUT2D eigenvalue weighted by molar-refractivity contribution is 6.29. The van der Waals surface area contributed by atoms with Gasteiger partial charge in [0.25, 0.3) is 0 Å². The van der Waals surface area contributed by atoms with Gasteiger partial charge in [0.2, 0.25) is 0 Å². The SMILES string of the molecule is O=C(O)C(Cl)CN1CCCC12CCCC2. The van der Waals surface area contributed by atoms with E-state index >= 15 is 0 Å². The van der Waals surface area contributed by atoms with Crippen LogP contribution in [0.3, 0.4) is 0 Å². The Morgan fingerprint density at radius 3 is 2.53 bits per heavy atom. The van der Waals surface area contributed by atoms with E-state index in [1.165, 1.54) is 38.5 Å². The Labute approximate surface area is 95.4 Å². The molecule has 15 heavy (non-hydrogen) atoms. The zero-order valence-electron chi connectivity index (χ0n) is 8.91. The Bertz CT molecular complexity index is 245. The molecule has 1 N–H and O–H groups in total. The molecule has 1 saturated carbocycles. The first-order chi connectivity index (χ1) is 7.14. The molecule has 2 aliphatic rings. The molecule has 3 nitrogen and oxygen atoms in total. The Kier molecular flexibility index (Phi) is 3.21. The molecule has 0 bridgehead atoms. The average Bonchev–Trinajstić information content (AvgIpc) is 2.79. The number of likely N-dealkylation sites (tertiary alicyclic amines) is 1. The van der Waals surface area contributed by atoms with E-state index in [4.69, 9.17) is 16.7 Å². The lowest BCUT2D eigenvalue weighted by atomic mass is 9.94. The van der Waals surface area contributed by atoms with Crippen molar-refractivity contribution in [2.24, 2.45) is 0 Å². The predicted octanol–water partition coefficient (Wildman–Crippen LogP) is 2.09. The van der Waals surface area contributed by atoms with E-state index in [0.29, 0.717) is 12.1 Å². The average molecular weight is 232 g/mol. The van der Waals surface area contributed by atoms with Gasteiger partial charge < -0.3 is 5.11 Å². The van der Waals surface area contributed by atoms with E-state index in [1.54, 1.807) is 0 Å². The summed E-state index contributed by atoms with van der Waals surface area (Å²) in [7, 11) is 0. The van der Waals surface area contributed by atoms with Crippen molar-refractivity contribution in [3.8, 4) is 0 Å². The third-order valence-electron chi connectivity index (χ3n) is 3.92. The van der Waals surface area contributed by atoms with Gasteiger partial charge in [0.05, 0.1) is 0 Å². The monoisotopic (exact) mass is 231 g/mol. The summed E-state index contributed by atoms with van der Waals surface area (Å²) in [5.74, 6) is -0.892. The van der Waals surface area contributed by atoms with Crippen molar-refractivity contribution in [3.63, 3.8) is 0 Å². The smallest absolute Gasteiger partial charge is 0.322 e. The summed E-state index contributed by atoms with van der Waals surface area (Å²) >= 11 is 5.82. The van der Waals surface area contributed by atoms with Crippen LogP contribution in [0.1, 0.15) is 38.5 Å². The van der Waals surface area contributed by atoms with Crippen LogP contribution in [0.5, 0.6) is 0 Å². The number of carboxylic acid groups (broad SMARTS) is 1. The molecule has 86 valence electrons. The Balaban J connectivity index is 1.99. The molecule has 1 aliphatic carbocycles. The van der Waals surface area contributed by atoms with Crippen LogP contribution < -0.4 is 0 Å². The van der Waals surface area contributed by atoms with Crippen molar-refractivity contribution < 1.29 is 9.90 Å². The molecule has 0 amide bonds. The number of rotatable bonds is 3. The first-order valence-corrected chi connectivity index (χ1v) is 6.20. The van der Waals surface area contributed by atoms with E-state index in [-0.39, 0.29) is 0 Å². The number of nitrogens with zero attached hydrogens (tertiary/aromatic N) is 1. The van der Waals surface area contributed by atoms with E-state index in [2.05, 4.69) is 4.90 Å². The highest BCUT2D eigenvalue weighted by atomic mass is 35.5. The molecule has 4 heteroatoms. The summed E-state index contributed by atoms with van der Waals surface area (Å²) in [5.41, 5.74) is 0.308. The molecule has 1 unspecified atom stereocenters. The van der Waals surface area contributed by atoms with Crippen LogP contribution in [0.4, 0.5) is 0 Å². The Hall–Kier alpha value is -0.280. The summed E-state index contributed by atoms with van der Waals surface area (Å²) in [6.07, 6.45) is 7.47. The maximum absolute atomic E-state index is 10.7. The van der Waals surface area contributed by atoms with Gasteiger partial charge in [-0.25, -0.2) is 0 Å². The molecule has 0 radical (unpaired) electrons. The second kappa shape index (κ2) is 4.30. The summed E-state index contributed by atoms with van der Waals surface area (Å²) in [6.45, 7) is 1.54. The van der Waals surface area contributed by atoms with Gasteiger partial charge in [-0.2, -0.15) is 0 Å². The first kappa shape index (κ1) is 11.2. The van der Waals surface area contributed by atoms with Gasteiger partial charge in [-0.3, -0.25) is 9.69 Å². The minimum absolute atomic E-state index is 0.308. The van der Waals surface area contributed by atoms with Crippen LogP contribution in [0.15, 0.2) is 0 Å². The summed E-state index contributed by atoms with van der Waals surface area (Å²) in [4.78, 5) is 13.1. The highest BCUT2D eigenvalue weighted by Crippen LogP contribution is 2.43. The summed E-state index contributed by atoms with van der Waals surface area (Å²) in [6, 6.07) is 0. The molecule has 1 spiro atoms. The molecule has 2 fully saturated rings. The topological polar surface area (TPSA) is 40.5 Å². The van der Waals surface area contributed by atoms with E-state index in [1.807, 2.05) is 0 Å². The Morgan fingerprint density at radius 1 is 1.33 bits per heavy atom. The van der Waals surface area contributed by atoms with Crippen LogP contribution in [0.2, 0.25) is 0 Å². The number of hydrogen-bond donors (Lipinski definition) is 1. The normalized spacial score (nSPS) is 27.3. The highest BCUT2D eigenvalue weighted by Gasteiger charge is 2.43. The zero-order chi connectivity index (χ0) is 10.9. The van der Waals surface area contributed by atoms with Crippen molar-refractivity contribution in [1.82, 2.24) is 4.90 Å². The van der Waals surface area contributed by atoms with Crippen LogP contribution in [0, 0.1) is 0 Å². The number of carbonyl (C=O) groups is 1.